The van der Waals surface area contributed by atoms with Crippen LogP contribution in [0.3, 0.4) is 0 Å². The van der Waals surface area contributed by atoms with E-state index in [0.29, 0.717) is 45.4 Å². The van der Waals surface area contributed by atoms with Crippen molar-refractivity contribution < 1.29 is 29.1 Å². The lowest BCUT2D eigenvalue weighted by Crippen LogP contribution is -2.25. The fourth-order valence-corrected chi connectivity index (χ4v) is 5.20. The largest absolute Gasteiger partial charge is 0.481 e. The van der Waals surface area contributed by atoms with E-state index in [9.17, 15) is 24.0 Å². The summed E-state index contributed by atoms with van der Waals surface area (Å²) in [6.07, 6.45) is 0.736. The number of carboxylic acid groups (broad SMARTS) is 1. The van der Waals surface area contributed by atoms with Crippen LogP contribution in [-0.2, 0) is 11.2 Å². The molecule has 0 aromatic heterocycles. The molecule has 0 radical (unpaired) electrons. The van der Waals surface area contributed by atoms with Gasteiger partial charge in [-0.2, -0.15) is 0 Å². The molecule has 41 heavy (non-hydrogen) atoms. The van der Waals surface area contributed by atoms with Gasteiger partial charge in [-0.3, -0.25) is 24.0 Å². The van der Waals surface area contributed by atoms with E-state index in [0.717, 1.165) is 0 Å². The van der Waals surface area contributed by atoms with Crippen molar-refractivity contribution in [3.05, 3.63) is 105 Å². The van der Waals surface area contributed by atoms with E-state index in [-0.39, 0.29) is 59.4 Å². The van der Waals surface area contributed by atoms with Gasteiger partial charge < -0.3 is 5.11 Å². The molecule has 6 nitrogen and oxygen atoms in total. The van der Waals surface area contributed by atoms with Crippen LogP contribution in [0, 0.1) is 12.8 Å². The standard InChI is InChI=1S/C31H28O6.2C2H6/c1-17(14-27(34)35)12-13-26(33)21-9-5-4-8-20(21)16-24-28(19(3)32)18(2)15-25-29(24)31(37)23-11-7-6-10-22(23)30(25)36;2*1-2/h4-11,15,17H,12-14,16H2,1-3H3,(H,34,35);2*1-2H3. The lowest BCUT2D eigenvalue weighted by Gasteiger charge is -2.24. The van der Waals surface area contributed by atoms with Crippen LogP contribution in [0.25, 0.3) is 0 Å². The molecule has 4 rings (SSSR count). The van der Waals surface area contributed by atoms with Crippen LogP contribution >= 0.6 is 0 Å². The van der Waals surface area contributed by atoms with Crippen molar-refractivity contribution in [2.75, 3.05) is 0 Å². The molecule has 0 spiro atoms. The second kappa shape index (κ2) is 15.0. The number of aliphatic carboxylic acids is 1. The van der Waals surface area contributed by atoms with Crippen LogP contribution in [0.1, 0.15) is 130 Å². The Morgan fingerprint density at radius 1 is 0.829 bits per heavy atom. The maximum absolute atomic E-state index is 13.7. The number of hydrogen-bond donors (Lipinski definition) is 1. The zero-order chi connectivity index (χ0) is 30.9. The summed E-state index contributed by atoms with van der Waals surface area (Å²) in [6.45, 7) is 13.0. The number of carbonyl (C=O) groups excluding carboxylic acids is 4. The molecule has 0 saturated heterocycles. The molecule has 216 valence electrons. The quantitative estimate of drug-likeness (QED) is 0.212. The van der Waals surface area contributed by atoms with Crippen molar-refractivity contribution in [1.82, 2.24) is 0 Å². The molecule has 3 aromatic carbocycles. The van der Waals surface area contributed by atoms with Crippen molar-refractivity contribution in [3.63, 3.8) is 0 Å². The normalized spacial score (nSPS) is 12.1. The highest BCUT2D eigenvalue weighted by atomic mass is 16.4. The van der Waals surface area contributed by atoms with Crippen LogP contribution in [0.4, 0.5) is 0 Å². The van der Waals surface area contributed by atoms with E-state index in [1.54, 1.807) is 68.4 Å². The highest BCUT2D eigenvalue weighted by Crippen LogP contribution is 2.35. The Kier molecular flexibility index (Phi) is 12.1. The molecule has 1 aliphatic carbocycles. The molecule has 0 saturated carbocycles. The lowest BCUT2D eigenvalue weighted by molar-refractivity contribution is -0.138. The first-order valence-corrected chi connectivity index (χ1v) is 14.3. The summed E-state index contributed by atoms with van der Waals surface area (Å²) in [5.41, 5.74) is 3.69. The average molecular weight is 557 g/mol. The van der Waals surface area contributed by atoms with Gasteiger partial charge in [0.15, 0.2) is 23.1 Å². The van der Waals surface area contributed by atoms with E-state index < -0.39 is 5.97 Å². The van der Waals surface area contributed by atoms with Gasteiger partial charge in [-0.05, 0) is 55.4 Å². The first kappa shape index (κ1) is 33.0. The van der Waals surface area contributed by atoms with Crippen LogP contribution in [-0.4, -0.2) is 34.2 Å². The molecule has 3 aromatic rings. The minimum absolute atomic E-state index is 0.00998. The fourth-order valence-electron chi connectivity index (χ4n) is 5.20. The third-order valence-corrected chi connectivity index (χ3v) is 6.94. The smallest absolute Gasteiger partial charge is 0.303 e. The Hall–Kier alpha value is -4.19. The zero-order valence-corrected chi connectivity index (χ0v) is 25.1. The minimum atomic E-state index is -0.901. The second-order valence-corrected chi connectivity index (χ2v) is 9.73. The molecule has 6 heteroatoms. The number of hydrogen-bond acceptors (Lipinski definition) is 5. The van der Waals surface area contributed by atoms with Gasteiger partial charge >= 0.3 is 5.97 Å². The second-order valence-electron chi connectivity index (χ2n) is 9.73. The Labute approximate surface area is 242 Å². The molecular formula is C35H40O6. The number of Topliss-reactive ketones (excluding diaryl/α,β-unsaturated/α-hetero) is 2. The van der Waals surface area contributed by atoms with Gasteiger partial charge in [-0.1, -0.05) is 83.1 Å². The third-order valence-electron chi connectivity index (χ3n) is 6.94. The van der Waals surface area contributed by atoms with Gasteiger partial charge in [0.2, 0.25) is 0 Å². The zero-order valence-electron chi connectivity index (χ0n) is 25.1. The van der Waals surface area contributed by atoms with Gasteiger partial charge in [-0.25, -0.2) is 0 Å². The SMILES string of the molecule is CC.CC.CC(=O)c1c(C)cc2c(c1Cc1ccccc1C(=O)CCC(C)CC(=O)O)C(=O)c1ccccc1C2=O. The van der Waals surface area contributed by atoms with Gasteiger partial charge in [0.25, 0.3) is 0 Å². The molecule has 0 bridgehead atoms. The van der Waals surface area contributed by atoms with E-state index in [2.05, 4.69) is 0 Å². The molecule has 1 aliphatic rings. The van der Waals surface area contributed by atoms with Gasteiger partial charge in [0, 0.05) is 46.2 Å². The Morgan fingerprint density at radius 2 is 1.39 bits per heavy atom. The third kappa shape index (κ3) is 7.31. The number of rotatable bonds is 9. The highest BCUT2D eigenvalue weighted by Gasteiger charge is 2.34. The van der Waals surface area contributed by atoms with Crippen LogP contribution < -0.4 is 0 Å². The van der Waals surface area contributed by atoms with Crippen molar-refractivity contribution in [1.29, 1.82) is 0 Å². The average Bonchev–Trinajstić information content (AvgIpc) is 2.96. The van der Waals surface area contributed by atoms with Crippen LogP contribution in [0.2, 0.25) is 0 Å². The van der Waals surface area contributed by atoms with E-state index in [1.807, 2.05) is 27.7 Å². The summed E-state index contributed by atoms with van der Waals surface area (Å²) in [7, 11) is 0. The Balaban J connectivity index is 0.00000141. The summed E-state index contributed by atoms with van der Waals surface area (Å²) in [5.74, 6) is -1.98. The maximum atomic E-state index is 13.7. The number of fused-ring (bicyclic) bond motifs is 2. The maximum Gasteiger partial charge on any atom is 0.303 e. The van der Waals surface area contributed by atoms with Gasteiger partial charge in [-0.15, -0.1) is 0 Å². The van der Waals surface area contributed by atoms with Gasteiger partial charge in [0.1, 0.15) is 0 Å². The Bertz CT molecular complexity index is 1460. The number of aryl methyl sites for hydroxylation is 1. The minimum Gasteiger partial charge on any atom is -0.481 e. The van der Waals surface area contributed by atoms with Crippen LogP contribution in [0.5, 0.6) is 0 Å². The monoisotopic (exact) mass is 556 g/mol. The summed E-state index contributed by atoms with van der Waals surface area (Å²) in [5, 5.41) is 9.00. The van der Waals surface area contributed by atoms with Crippen molar-refractivity contribution in [2.24, 2.45) is 5.92 Å². The number of carboxylic acids is 1. The van der Waals surface area contributed by atoms with Crippen LogP contribution in [0.15, 0.2) is 54.6 Å². The number of benzene rings is 3. The van der Waals surface area contributed by atoms with Crippen molar-refractivity contribution in [3.8, 4) is 0 Å². The summed E-state index contributed by atoms with van der Waals surface area (Å²) in [6, 6.07) is 15.3. The molecule has 0 aliphatic heterocycles. The summed E-state index contributed by atoms with van der Waals surface area (Å²) < 4.78 is 0. The van der Waals surface area contributed by atoms with E-state index >= 15 is 0 Å². The fraction of sp³-hybridized carbons (Fsp3) is 0.343. The molecule has 1 N–H and O–H groups in total. The van der Waals surface area contributed by atoms with Gasteiger partial charge in [0.05, 0.1) is 0 Å². The first-order chi connectivity index (χ1) is 19.6. The number of ketones is 4. The van der Waals surface area contributed by atoms with E-state index in [4.69, 9.17) is 5.11 Å². The molecule has 0 heterocycles. The number of carbonyl (C=O) groups is 5. The molecule has 0 amide bonds. The van der Waals surface area contributed by atoms with Crippen molar-refractivity contribution in [2.45, 2.75) is 74.1 Å². The predicted molar refractivity (Wildman–Crippen MR) is 161 cm³/mol. The van der Waals surface area contributed by atoms with E-state index in [1.165, 1.54) is 6.92 Å². The molecule has 1 atom stereocenters. The first-order valence-electron chi connectivity index (χ1n) is 14.3. The summed E-state index contributed by atoms with van der Waals surface area (Å²) in [4.78, 5) is 63.9. The van der Waals surface area contributed by atoms with Crippen molar-refractivity contribution >= 4 is 29.1 Å². The lowest BCUT2D eigenvalue weighted by atomic mass is 9.77. The Morgan fingerprint density at radius 3 is 1.98 bits per heavy atom. The highest BCUT2D eigenvalue weighted by molar-refractivity contribution is 6.29. The topological polar surface area (TPSA) is 106 Å². The summed E-state index contributed by atoms with van der Waals surface area (Å²) >= 11 is 0. The molecule has 0 fully saturated rings. The predicted octanol–water partition coefficient (Wildman–Crippen LogP) is 7.69. The molecule has 1 unspecified atom stereocenters. The molecular weight excluding hydrogens is 516 g/mol.